The molecule has 0 bridgehead atoms. The Hall–Kier alpha value is -3.49. The number of carbonyl (C=O) groups excluding carboxylic acids is 3. The fourth-order valence-corrected chi connectivity index (χ4v) is 3.25. The number of fused-ring (bicyclic) bond motifs is 1. The number of carbonyl (C=O) groups is 3. The van der Waals surface area contributed by atoms with E-state index < -0.39 is 30.3 Å². The van der Waals surface area contributed by atoms with Crippen molar-refractivity contribution in [2.45, 2.75) is 13.8 Å². The van der Waals surface area contributed by atoms with Gasteiger partial charge in [-0.3, -0.25) is 9.59 Å². The predicted octanol–water partition coefficient (Wildman–Crippen LogP) is 1.65. The minimum absolute atomic E-state index is 0.283. The fourth-order valence-electron chi connectivity index (χ4n) is 3.25. The fraction of sp³-hybridized carbons (Fsp3) is 0.350. The van der Waals surface area contributed by atoms with Crippen molar-refractivity contribution in [1.82, 2.24) is 4.90 Å². The van der Waals surface area contributed by atoms with Gasteiger partial charge < -0.3 is 14.8 Å². The van der Waals surface area contributed by atoms with Gasteiger partial charge in [0.05, 0.1) is 20.8 Å². The average molecular weight is 399 g/mol. The predicted molar refractivity (Wildman–Crippen MR) is 106 cm³/mol. The molecule has 1 unspecified atom stereocenters. The Morgan fingerprint density at radius 3 is 2.59 bits per heavy atom. The van der Waals surface area contributed by atoms with E-state index in [4.69, 9.17) is 9.47 Å². The number of amides is 4. The van der Waals surface area contributed by atoms with Gasteiger partial charge in [0.15, 0.2) is 12.5 Å². The van der Waals surface area contributed by atoms with Crippen molar-refractivity contribution in [3.05, 3.63) is 35.6 Å². The number of ether oxygens (including phenoxy) is 2. The smallest absolute Gasteiger partial charge is 0.446 e. The van der Waals surface area contributed by atoms with E-state index in [1.54, 1.807) is 37.4 Å². The van der Waals surface area contributed by atoms with E-state index in [1.807, 2.05) is 6.92 Å². The third kappa shape index (κ3) is 3.89. The summed E-state index contributed by atoms with van der Waals surface area (Å²) in [7, 11) is 2.97. The van der Waals surface area contributed by atoms with Crippen LogP contribution in [0.1, 0.15) is 13.8 Å². The summed E-state index contributed by atoms with van der Waals surface area (Å²) in [5.74, 6) is -0.513. The number of aliphatic imine (C=N–C) groups is 1. The molecule has 0 spiro atoms. The zero-order valence-corrected chi connectivity index (χ0v) is 16.8. The second-order valence-electron chi connectivity index (χ2n) is 6.57. The summed E-state index contributed by atoms with van der Waals surface area (Å²) < 4.78 is 12.0. The first-order valence-electron chi connectivity index (χ1n) is 9.14. The summed E-state index contributed by atoms with van der Waals surface area (Å²) in [5.41, 5.74) is 1.22. The SMILES string of the molecule is CCOc1ccc(NC(=O)CN2C(=O)C3C(OC)=C(C)C=NC3=[N+](C)C2=O)cc1. The molecule has 1 N–H and O–H groups in total. The topological polar surface area (TPSA) is 100 Å². The van der Waals surface area contributed by atoms with Gasteiger partial charge in [0.2, 0.25) is 0 Å². The lowest BCUT2D eigenvalue weighted by Crippen LogP contribution is -2.56. The lowest BCUT2D eigenvalue weighted by atomic mass is 9.96. The lowest BCUT2D eigenvalue weighted by molar-refractivity contribution is -0.408. The Labute approximate surface area is 168 Å². The van der Waals surface area contributed by atoms with Crippen molar-refractivity contribution in [1.29, 1.82) is 0 Å². The maximum absolute atomic E-state index is 13.0. The number of imide groups is 1. The van der Waals surface area contributed by atoms with Crippen LogP contribution in [-0.4, -0.2) is 66.7 Å². The normalized spacial score (nSPS) is 18.8. The number of amidine groups is 1. The number of rotatable bonds is 6. The van der Waals surface area contributed by atoms with Crippen molar-refractivity contribution >= 4 is 35.6 Å². The van der Waals surface area contributed by atoms with E-state index >= 15 is 0 Å². The van der Waals surface area contributed by atoms with Gasteiger partial charge in [-0.2, -0.15) is 9.48 Å². The van der Waals surface area contributed by atoms with Crippen LogP contribution in [0.5, 0.6) is 5.75 Å². The maximum Gasteiger partial charge on any atom is 0.446 e. The molecule has 9 heteroatoms. The van der Waals surface area contributed by atoms with Gasteiger partial charge >= 0.3 is 11.9 Å². The largest absolute Gasteiger partial charge is 0.499 e. The molecule has 2 aliphatic rings. The minimum Gasteiger partial charge on any atom is -0.499 e. The molecule has 152 valence electrons. The summed E-state index contributed by atoms with van der Waals surface area (Å²) in [6.07, 6.45) is 1.55. The Kier molecular flexibility index (Phi) is 5.76. The van der Waals surface area contributed by atoms with E-state index in [-0.39, 0.29) is 5.84 Å². The standard InChI is InChI=1S/C20H22N4O5/c1-5-29-14-8-6-13(7-9-14)22-15(25)11-24-19(26)16-17(28-4)12(2)10-21-18(16)23(3)20(24)27/h6-10,16H,5,11H2,1-4H3/p+1. The summed E-state index contributed by atoms with van der Waals surface area (Å²) in [6.45, 7) is 3.77. The van der Waals surface area contributed by atoms with Crippen molar-refractivity contribution in [2.75, 3.05) is 32.6 Å². The van der Waals surface area contributed by atoms with E-state index in [0.29, 0.717) is 29.4 Å². The van der Waals surface area contributed by atoms with Gasteiger partial charge in [-0.15, -0.1) is 4.99 Å². The number of nitrogens with zero attached hydrogens (tertiary/aromatic N) is 3. The van der Waals surface area contributed by atoms with Gasteiger partial charge in [0.1, 0.15) is 17.7 Å². The molecule has 0 radical (unpaired) electrons. The first-order chi connectivity index (χ1) is 13.9. The number of urea groups is 1. The van der Waals surface area contributed by atoms with E-state index in [2.05, 4.69) is 10.3 Å². The van der Waals surface area contributed by atoms with E-state index in [1.165, 1.54) is 18.7 Å². The number of benzene rings is 1. The van der Waals surface area contributed by atoms with E-state index in [0.717, 1.165) is 4.90 Å². The van der Waals surface area contributed by atoms with Gasteiger partial charge in [0, 0.05) is 11.3 Å². The van der Waals surface area contributed by atoms with Crippen LogP contribution in [0.25, 0.3) is 0 Å². The molecule has 0 fully saturated rings. The quantitative estimate of drug-likeness (QED) is 0.733. The first-order valence-corrected chi connectivity index (χ1v) is 9.14. The number of dihydropyridines is 1. The maximum atomic E-state index is 13.0. The number of methoxy groups -OCH3 is 1. The third-order valence-corrected chi connectivity index (χ3v) is 4.64. The van der Waals surface area contributed by atoms with Crippen LogP contribution in [0.4, 0.5) is 10.5 Å². The lowest BCUT2D eigenvalue weighted by Gasteiger charge is -2.28. The van der Waals surface area contributed by atoms with Crippen molar-refractivity contribution < 1.29 is 28.4 Å². The van der Waals surface area contributed by atoms with Gasteiger partial charge in [0.25, 0.3) is 11.7 Å². The number of hydrogen-bond donors (Lipinski definition) is 1. The van der Waals surface area contributed by atoms with Crippen molar-refractivity contribution in [3.63, 3.8) is 0 Å². The van der Waals surface area contributed by atoms with Crippen LogP contribution >= 0.6 is 0 Å². The molecular weight excluding hydrogens is 376 g/mol. The molecule has 2 aliphatic heterocycles. The second-order valence-corrected chi connectivity index (χ2v) is 6.57. The number of allylic oxidation sites excluding steroid dienone is 1. The van der Waals surface area contributed by atoms with Crippen LogP contribution in [0, 0.1) is 5.92 Å². The van der Waals surface area contributed by atoms with Crippen molar-refractivity contribution in [2.24, 2.45) is 10.9 Å². The molecule has 0 aromatic heterocycles. The Morgan fingerprint density at radius 1 is 1.28 bits per heavy atom. The molecule has 1 aromatic rings. The van der Waals surface area contributed by atoms with Crippen LogP contribution in [0.2, 0.25) is 0 Å². The van der Waals surface area contributed by atoms with Crippen LogP contribution in [-0.2, 0) is 14.3 Å². The highest BCUT2D eigenvalue weighted by Crippen LogP contribution is 2.27. The highest BCUT2D eigenvalue weighted by Gasteiger charge is 2.50. The molecule has 1 aromatic carbocycles. The average Bonchev–Trinajstić information content (AvgIpc) is 2.71. The summed E-state index contributed by atoms with van der Waals surface area (Å²) in [5, 5.41) is 2.68. The summed E-state index contributed by atoms with van der Waals surface area (Å²) in [4.78, 5) is 43.3. The minimum atomic E-state index is -0.856. The zero-order valence-electron chi connectivity index (χ0n) is 16.8. The van der Waals surface area contributed by atoms with E-state index in [9.17, 15) is 14.4 Å². The molecular formula is C20H23N4O5+. The van der Waals surface area contributed by atoms with Crippen LogP contribution in [0.15, 0.2) is 40.6 Å². The monoisotopic (exact) mass is 399 g/mol. The molecule has 1 atom stereocenters. The van der Waals surface area contributed by atoms with Crippen LogP contribution < -0.4 is 10.1 Å². The number of hydrogen-bond acceptors (Lipinski definition) is 6. The summed E-state index contributed by atoms with van der Waals surface area (Å²) in [6, 6.07) is 6.21. The Balaban J connectivity index is 1.78. The molecule has 9 nitrogen and oxygen atoms in total. The molecule has 0 saturated heterocycles. The zero-order chi connectivity index (χ0) is 21.1. The first kappa shape index (κ1) is 20.2. The molecule has 0 aliphatic carbocycles. The van der Waals surface area contributed by atoms with Crippen LogP contribution in [0.3, 0.4) is 0 Å². The highest BCUT2D eigenvalue weighted by atomic mass is 16.5. The van der Waals surface area contributed by atoms with Crippen molar-refractivity contribution in [3.8, 4) is 5.75 Å². The molecule has 2 heterocycles. The second kappa shape index (κ2) is 8.26. The Bertz CT molecular complexity index is 946. The molecule has 0 saturated carbocycles. The number of anilines is 1. The third-order valence-electron chi connectivity index (χ3n) is 4.64. The van der Waals surface area contributed by atoms with Gasteiger partial charge in [-0.05, 0) is 38.1 Å². The highest BCUT2D eigenvalue weighted by molar-refractivity contribution is 6.17. The van der Waals surface area contributed by atoms with Gasteiger partial charge in [-0.25, -0.2) is 4.79 Å². The molecule has 3 rings (SSSR count). The Morgan fingerprint density at radius 2 is 1.97 bits per heavy atom. The molecule has 4 amide bonds. The summed E-state index contributed by atoms with van der Waals surface area (Å²) >= 11 is 0. The van der Waals surface area contributed by atoms with Gasteiger partial charge in [-0.1, -0.05) is 0 Å². The number of nitrogens with one attached hydrogen (secondary N) is 1. The molecule has 29 heavy (non-hydrogen) atoms.